The summed E-state index contributed by atoms with van der Waals surface area (Å²) < 4.78 is 5.61. The number of hydrogen-bond donors (Lipinski definition) is 2. The van der Waals surface area contributed by atoms with E-state index < -0.39 is 6.10 Å². The van der Waals surface area contributed by atoms with Crippen molar-refractivity contribution in [2.75, 3.05) is 6.54 Å². The van der Waals surface area contributed by atoms with Gasteiger partial charge in [0.1, 0.15) is 5.75 Å². The number of benzene rings is 1. The quantitative estimate of drug-likeness (QED) is 0.841. The maximum atomic E-state index is 12.0. The van der Waals surface area contributed by atoms with Gasteiger partial charge in [-0.1, -0.05) is 17.7 Å². The average Bonchev–Trinajstić information content (AvgIpc) is 3.24. The summed E-state index contributed by atoms with van der Waals surface area (Å²) in [5, 5.41) is 3.33. The van der Waals surface area contributed by atoms with Crippen molar-refractivity contribution in [3.63, 3.8) is 0 Å². The van der Waals surface area contributed by atoms with Crippen molar-refractivity contribution in [1.29, 1.82) is 0 Å². The molecule has 0 aromatic heterocycles. The number of halogens is 2. The lowest BCUT2D eigenvalue weighted by Crippen LogP contribution is -2.43. The third-order valence-corrected chi connectivity index (χ3v) is 3.81. The second-order valence-electron chi connectivity index (χ2n) is 5.44. The largest absolute Gasteiger partial charge is 0.479 e. The summed E-state index contributed by atoms with van der Waals surface area (Å²) in [6.45, 7) is 4.15. The Labute approximate surface area is 136 Å². The molecule has 4 nitrogen and oxygen atoms in total. The van der Waals surface area contributed by atoms with Crippen molar-refractivity contribution < 1.29 is 9.53 Å². The minimum atomic E-state index is -0.597. The molecule has 1 saturated carbocycles. The summed E-state index contributed by atoms with van der Waals surface area (Å²) in [5.74, 6) is 0.928. The van der Waals surface area contributed by atoms with Gasteiger partial charge in [-0.2, -0.15) is 0 Å². The molecule has 0 radical (unpaired) electrons. The van der Waals surface area contributed by atoms with Crippen LogP contribution in [0.5, 0.6) is 5.75 Å². The van der Waals surface area contributed by atoms with Gasteiger partial charge in [0.05, 0.1) is 5.02 Å². The molecule has 0 spiro atoms. The number of nitrogens with one attached hydrogen (secondary N) is 1. The van der Waals surface area contributed by atoms with Crippen LogP contribution in [0.1, 0.15) is 25.3 Å². The van der Waals surface area contributed by atoms with Crippen molar-refractivity contribution in [2.45, 2.75) is 38.8 Å². The molecule has 1 fully saturated rings. The molecule has 0 heterocycles. The number of amides is 1. The van der Waals surface area contributed by atoms with Crippen LogP contribution in [0.3, 0.4) is 0 Å². The van der Waals surface area contributed by atoms with Gasteiger partial charge in [-0.3, -0.25) is 4.79 Å². The molecule has 1 aliphatic rings. The number of rotatable bonds is 6. The van der Waals surface area contributed by atoms with Crippen molar-refractivity contribution >= 4 is 29.9 Å². The van der Waals surface area contributed by atoms with E-state index in [0.29, 0.717) is 23.2 Å². The van der Waals surface area contributed by atoms with Crippen molar-refractivity contribution in [3.05, 3.63) is 28.8 Å². The Morgan fingerprint density at radius 3 is 2.81 bits per heavy atom. The van der Waals surface area contributed by atoms with Crippen molar-refractivity contribution in [3.8, 4) is 5.75 Å². The van der Waals surface area contributed by atoms with Gasteiger partial charge in [0.15, 0.2) is 6.10 Å². The molecule has 0 aliphatic heterocycles. The van der Waals surface area contributed by atoms with Crippen molar-refractivity contribution in [2.24, 2.45) is 11.7 Å². The highest BCUT2D eigenvalue weighted by Gasteiger charge is 2.29. The second-order valence-corrected chi connectivity index (χ2v) is 5.85. The minimum absolute atomic E-state index is 0. The maximum absolute atomic E-state index is 12.0. The van der Waals surface area contributed by atoms with E-state index in [-0.39, 0.29) is 24.4 Å². The fourth-order valence-electron chi connectivity index (χ4n) is 2.00. The molecule has 1 aliphatic carbocycles. The molecule has 2 rings (SSSR count). The van der Waals surface area contributed by atoms with Crippen LogP contribution >= 0.6 is 24.0 Å². The van der Waals surface area contributed by atoms with E-state index in [2.05, 4.69) is 5.32 Å². The van der Waals surface area contributed by atoms with E-state index in [0.717, 1.165) is 5.56 Å². The first-order valence-electron chi connectivity index (χ1n) is 6.93. The third kappa shape index (κ3) is 5.38. The first kappa shape index (κ1) is 18.1. The van der Waals surface area contributed by atoms with Crippen molar-refractivity contribution in [1.82, 2.24) is 5.32 Å². The predicted molar refractivity (Wildman–Crippen MR) is 87.2 cm³/mol. The molecular formula is C15H22Cl2N2O2. The molecule has 2 atom stereocenters. The van der Waals surface area contributed by atoms with E-state index in [1.165, 1.54) is 12.8 Å². The Morgan fingerprint density at radius 1 is 1.52 bits per heavy atom. The highest BCUT2D eigenvalue weighted by molar-refractivity contribution is 6.32. The van der Waals surface area contributed by atoms with Gasteiger partial charge >= 0.3 is 0 Å². The number of carbonyl (C=O) groups is 1. The number of ether oxygens (including phenoxy) is 1. The molecule has 1 aromatic rings. The topological polar surface area (TPSA) is 64.3 Å². The lowest BCUT2D eigenvalue weighted by molar-refractivity contribution is -0.127. The van der Waals surface area contributed by atoms with Crippen LogP contribution in [0, 0.1) is 12.8 Å². The molecule has 0 saturated heterocycles. The highest BCUT2D eigenvalue weighted by atomic mass is 35.5. The predicted octanol–water partition coefficient (Wildman–Crippen LogP) is 2.69. The standard InChI is InChI=1S/C15H21ClN2O2.ClH/c1-9-3-6-12(16)14(7-9)20-10(2)15(19)18-8-13(17)11-4-5-11;/h3,6-7,10-11,13H,4-5,8,17H2,1-2H3,(H,18,19);1H. The number of carbonyl (C=O) groups excluding carboxylic acids is 1. The molecule has 6 heteroatoms. The van der Waals surface area contributed by atoms with Gasteiger partial charge in [0, 0.05) is 12.6 Å². The molecule has 3 N–H and O–H groups in total. The summed E-state index contributed by atoms with van der Waals surface area (Å²) in [7, 11) is 0. The van der Waals surface area contributed by atoms with Crippen LogP contribution in [0.25, 0.3) is 0 Å². The van der Waals surface area contributed by atoms with E-state index in [1.807, 2.05) is 19.1 Å². The molecule has 0 bridgehead atoms. The van der Waals surface area contributed by atoms with Gasteiger partial charge in [-0.15, -0.1) is 12.4 Å². The SMILES string of the molecule is Cc1ccc(Cl)c(OC(C)C(=O)NCC(N)C2CC2)c1.Cl. The Balaban J connectivity index is 0.00000220. The Hall–Kier alpha value is -0.970. The van der Waals surface area contributed by atoms with Crippen LogP contribution in [-0.4, -0.2) is 24.6 Å². The summed E-state index contributed by atoms with van der Waals surface area (Å²) >= 11 is 6.05. The molecular weight excluding hydrogens is 311 g/mol. The zero-order chi connectivity index (χ0) is 14.7. The third-order valence-electron chi connectivity index (χ3n) is 3.50. The van der Waals surface area contributed by atoms with Crippen LogP contribution in [-0.2, 0) is 4.79 Å². The fraction of sp³-hybridized carbons (Fsp3) is 0.533. The van der Waals surface area contributed by atoms with Crippen LogP contribution < -0.4 is 15.8 Å². The average molecular weight is 333 g/mol. The summed E-state index contributed by atoms with van der Waals surface area (Å²) in [6.07, 6.45) is 1.74. The molecule has 2 unspecified atom stereocenters. The van der Waals surface area contributed by atoms with Gasteiger partial charge < -0.3 is 15.8 Å². The number of aryl methyl sites for hydroxylation is 1. The summed E-state index contributed by atoms with van der Waals surface area (Å²) in [5.41, 5.74) is 6.98. The molecule has 1 aromatic carbocycles. The van der Waals surface area contributed by atoms with Crippen LogP contribution in [0.4, 0.5) is 0 Å². The fourth-order valence-corrected chi connectivity index (χ4v) is 2.16. The smallest absolute Gasteiger partial charge is 0.260 e. The Kier molecular flexibility index (Phi) is 6.78. The van der Waals surface area contributed by atoms with E-state index in [9.17, 15) is 4.79 Å². The second kappa shape index (κ2) is 7.87. The van der Waals surface area contributed by atoms with Crippen LogP contribution in [0.15, 0.2) is 18.2 Å². The first-order chi connectivity index (χ1) is 9.47. The molecule has 1 amide bonds. The zero-order valence-electron chi connectivity index (χ0n) is 12.3. The van der Waals surface area contributed by atoms with E-state index in [1.54, 1.807) is 13.0 Å². The van der Waals surface area contributed by atoms with Gasteiger partial charge in [0.2, 0.25) is 0 Å². The van der Waals surface area contributed by atoms with E-state index >= 15 is 0 Å². The van der Waals surface area contributed by atoms with Crippen LogP contribution in [0.2, 0.25) is 5.02 Å². The molecule has 21 heavy (non-hydrogen) atoms. The lowest BCUT2D eigenvalue weighted by atomic mass is 10.2. The van der Waals surface area contributed by atoms with E-state index in [4.69, 9.17) is 22.1 Å². The number of hydrogen-bond acceptors (Lipinski definition) is 3. The normalized spacial score (nSPS) is 16.6. The summed E-state index contributed by atoms with van der Waals surface area (Å²) in [6, 6.07) is 5.53. The minimum Gasteiger partial charge on any atom is -0.479 e. The monoisotopic (exact) mass is 332 g/mol. The Bertz CT molecular complexity index is 493. The maximum Gasteiger partial charge on any atom is 0.260 e. The number of nitrogens with two attached hydrogens (primary N) is 1. The first-order valence-corrected chi connectivity index (χ1v) is 7.31. The van der Waals surface area contributed by atoms with Gasteiger partial charge in [0.25, 0.3) is 5.91 Å². The molecule has 118 valence electrons. The Morgan fingerprint density at radius 2 is 2.19 bits per heavy atom. The zero-order valence-corrected chi connectivity index (χ0v) is 13.8. The van der Waals surface area contributed by atoms with Gasteiger partial charge in [-0.25, -0.2) is 0 Å². The van der Waals surface area contributed by atoms with Gasteiger partial charge in [-0.05, 0) is 50.3 Å². The highest BCUT2D eigenvalue weighted by Crippen LogP contribution is 2.31. The summed E-state index contributed by atoms with van der Waals surface area (Å²) in [4.78, 5) is 12.0. The lowest BCUT2D eigenvalue weighted by Gasteiger charge is -2.17.